The summed E-state index contributed by atoms with van der Waals surface area (Å²) in [5.41, 5.74) is 0. The largest absolute Gasteiger partial charge is 0.458 e. The molecule has 7 heteroatoms. The molecule has 1 amide bonds. The molecule has 3 aliphatic rings. The predicted molar refractivity (Wildman–Crippen MR) is 99.9 cm³/mol. The minimum absolute atomic E-state index is 0.162. The van der Waals surface area contributed by atoms with Crippen LogP contribution in [0.25, 0.3) is 0 Å². The van der Waals surface area contributed by atoms with E-state index in [2.05, 4.69) is 17.0 Å². The van der Waals surface area contributed by atoms with Gasteiger partial charge in [0.1, 0.15) is 0 Å². The van der Waals surface area contributed by atoms with Gasteiger partial charge in [-0.15, -0.1) is 0 Å². The molecule has 0 aromatic carbocycles. The maximum absolute atomic E-state index is 11.1. The van der Waals surface area contributed by atoms with E-state index in [-0.39, 0.29) is 19.0 Å². The van der Waals surface area contributed by atoms with Gasteiger partial charge >= 0.3 is 0 Å². The van der Waals surface area contributed by atoms with Gasteiger partial charge in [-0.25, -0.2) is 0 Å². The lowest BCUT2D eigenvalue weighted by Crippen LogP contribution is -2.42. The number of carbonyl (C=O) groups is 2. The van der Waals surface area contributed by atoms with Crippen LogP contribution in [0.4, 0.5) is 0 Å². The van der Waals surface area contributed by atoms with Crippen molar-refractivity contribution in [3.63, 3.8) is 0 Å². The lowest BCUT2D eigenvalue weighted by molar-refractivity contribution is -0.146. The molecule has 0 aromatic rings. The summed E-state index contributed by atoms with van der Waals surface area (Å²) < 4.78 is 14.5. The zero-order valence-corrected chi connectivity index (χ0v) is 16.4. The normalized spacial score (nSPS) is 23.2. The van der Waals surface area contributed by atoms with Crippen LogP contribution < -0.4 is 5.32 Å². The Hall–Kier alpha value is -1.18. The fraction of sp³-hybridized carbons (Fsp3) is 0.895. The van der Waals surface area contributed by atoms with E-state index < -0.39 is 0 Å². The quantitative estimate of drug-likeness (QED) is 0.756. The highest BCUT2D eigenvalue weighted by Gasteiger charge is 2.16. The highest BCUT2D eigenvalue weighted by molar-refractivity contribution is 5.78. The number of nitrogens with one attached hydrogen (secondary N) is 1. The molecular weight excluding hydrogens is 336 g/mol. The second kappa shape index (κ2) is 14.9. The Morgan fingerprint density at radius 1 is 1.12 bits per heavy atom. The molecule has 2 aliphatic heterocycles. The van der Waals surface area contributed by atoms with Gasteiger partial charge in [0, 0.05) is 25.7 Å². The summed E-state index contributed by atoms with van der Waals surface area (Å²) in [7, 11) is 1.97. The number of rotatable bonds is 4. The van der Waals surface area contributed by atoms with Crippen molar-refractivity contribution in [3.8, 4) is 0 Å². The average molecular weight is 373 g/mol. The number of hydrogen-bond donors (Lipinski definition) is 1. The summed E-state index contributed by atoms with van der Waals surface area (Å²) >= 11 is 0. The van der Waals surface area contributed by atoms with Gasteiger partial charge in [0.15, 0.2) is 6.61 Å². The maximum atomic E-state index is 11.1. The van der Waals surface area contributed by atoms with Crippen molar-refractivity contribution in [1.29, 1.82) is 0 Å². The van der Waals surface area contributed by atoms with E-state index in [1.54, 1.807) is 4.90 Å². The topological polar surface area (TPSA) is 77.1 Å². The number of morpholine rings is 1. The summed E-state index contributed by atoms with van der Waals surface area (Å²) in [5.74, 6) is 0.874. The van der Waals surface area contributed by atoms with E-state index in [1.807, 2.05) is 7.05 Å². The van der Waals surface area contributed by atoms with Crippen LogP contribution in [0.5, 0.6) is 0 Å². The molecule has 1 N–H and O–H groups in total. The van der Waals surface area contributed by atoms with Gasteiger partial charge in [-0.1, -0.05) is 39.0 Å². The Labute approximate surface area is 157 Å². The van der Waals surface area contributed by atoms with Crippen LogP contribution in [-0.2, 0) is 23.8 Å². The molecule has 2 saturated heterocycles. The van der Waals surface area contributed by atoms with Gasteiger partial charge in [-0.2, -0.15) is 0 Å². The minimum Gasteiger partial charge on any atom is -0.458 e. The average Bonchev–Trinajstić information content (AvgIpc) is 3.22. The molecule has 26 heavy (non-hydrogen) atoms. The van der Waals surface area contributed by atoms with E-state index in [1.165, 1.54) is 38.5 Å². The molecule has 1 aliphatic carbocycles. The van der Waals surface area contributed by atoms with Crippen molar-refractivity contribution >= 4 is 12.4 Å². The van der Waals surface area contributed by atoms with Crippen molar-refractivity contribution in [2.75, 3.05) is 53.2 Å². The number of carbonyl (C=O) groups excluding carboxylic acids is 2. The molecule has 3 rings (SSSR count). The zero-order chi connectivity index (χ0) is 19.0. The van der Waals surface area contributed by atoms with Gasteiger partial charge in [-0.3, -0.25) is 9.59 Å². The number of hydrogen-bond acceptors (Lipinski definition) is 6. The van der Waals surface area contributed by atoms with E-state index >= 15 is 0 Å². The van der Waals surface area contributed by atoms with Gasteiger partial charge < -0.3 is 24.4 Å². The number of likely N-dealkylation sites (N-methyl/N-ethyl adjacent to an activating group) is 1. The summed E-state index contributed by atoms with van der Waals surface area (Å²) in [4.78, 5) is 22.5. The first-order valence-electron chi connectivity index (χ1n) is 9.83. The van der Waals surface area contributed by atoms with E-state index in [9.17, 15) is 9.59 Å². The Balaban J connectivity index is 0.000000207. The smallest absolute Gasteiger partial charge is 0.293 e. The molecule has 152 valence electrons. The zero-order valence-electron chi connectivity index (χ0n) is 16.4. The standard InChI is InChI=1S/C7H11NO4.C7H14.C5H11NO/c9-6-12-5-7(10)8-1-3-11-4-2-8;1-7-5-3-2-4-6-7;1-6-5-2-3-7-4-5/h6H,1-5H2;7H,2-6H2,1H3;5-6H,2-4H2,1H3. The molecule has 1 unspecified atom stereocenters. The summed E-state index contributed by atoms with van der Waals surface area (Å²) in [6.45, 7) is 6.60. The lowest BCUT2D eigenvalue weighted by atomic mass is 9.91. The van der Waals surface area contributed by atoms with E-state index in [0.717, 1.165) is 19.1 Å². The Morgan fingerprint density at radius 3 is 2.23 bits per heavy atom. The number of ether oxygens (including phenoxy) is 3. The molecule has 0 spiro atoms. The van der Waals surface area contributed by atoms with Crippen LogP contribution in [0.1, 0.15) is 45.4 Å². The highest BCUT2D eigenvalue weighted by atomic mass is 16.5. The van der Waals surface area contributed by atoms with Crippen molar-refractivity contribution in [3.05, 3.63) is 0 Å². The van der Waals surface area contributed by atoms with Gasteiger partial charge in [0.2, 0.25) is 0 Å². The van der Waals surface area contributed by atoms with Crippen molar-refractivity contribution in [2.24, 2.45) is 5.92 Å². The maximum Gasteiger partial charge on any atom is 0.293 e. The fourth-order valence-electron chi connectivity index (χ4n) is 3.08. The molecule has 0 aromatic heterocycles. The first-order chi connectivity index (χ1) is 12.7. The molecule has 7 nitrogen and oxygen atoms in total. The van der Waals surface area contributed by atoms with Crippen LogP contribution in [0.3, 0.4) is 0 Å². The molecule has 3 fully saturated rings. The lowest BCUT2D eigenvalue weighted by Gasteiger charge is -2.26. The van der Waals surface area contributed by atoms with Crippen LogP contribution in [0.2, 0.25) is 0 Å². The van der Waals surface area contributed by atoms with E-state index in [4.69, 9.17) is 9.47 Å². The molecular formula is C19H36N2O5. The van der Waals surface area contributed by atoms with E-state index in [0.29, 0.717) is 32.3 Å². The third kappa shape index (κ3) is 10.7. The van der Waals surface area contributed by atoms with Crippen LogP contribution in [0, 0.1) is 5.92 Å². The summed E-state index contributed by atoms with van der Waals surface area (Å²) in [5, 5.41) is 3.14. The first kappa shape index (κ1) is 22.9. The predicted octanol–water partition coefficient (Wildman–Crippen LogP) is 1.60. The van der Waals surface area contributed by atoms with Crippen molar-refractivity contribution in [2.45, 2.75) is 51.5 Å². The number of amides is 1. The van der Waals surface area contributed by atoms with Crippen molar-refractivity contribution in [1.82, 2.24) is 10.2 Å². The van der Waals surface area contributed by atoms with Gasteiger partial charge in [0.25, 0.3) is 12.4 Å². The van der Waals surface area contributed by atoms with Crippen LogP contribution in [-0.4, -0.2) is 76.5 Å². The Morgan fingerprint density at radius 2 is 1.81 bits per heavy atom. The summed E-state index contributed by atoms with van der Waals surface area (Å²) in [6.07, 6.45) is 8.61. The third-order valence-corrected chi connectivity index (χ3v) is 4.87. The molecule has 1 saturated carbocycles. The van der Waals surface area contributed by atoms with Crippen molar-refractivity contribution < 1.29 is 23.8 Å². The highest BCUT2D eigenvalue weighted by Crippen LogP contribution is 2.22. The Kier molecular flexibility index (Phi) is 13.1. The fourth-order valence-corrected chi connectivity index (χ4v) is 3.08. The second-order valence-corrected chi connectivity index (χ2v) is 6.99. The molecule has 2 heterocycles. The monoisotopic (exact) mass is 372 g/mol. The van der Waals surface area contributed by atoms with Gasteiger partial charge in [-0.05, 0) is 19.4 Å². The SMILES string of the molecule is CC1CCCCC1.CNC1CCOC1.O=COCC(=O)N1CCOCC1. The first-order valence-corrected chi connectivity index (χ1v) is 9.83. The van der Waals surface area contributed by atoms with Crippen LogP contribution >= 0.6 is 0 Å². The summed E-state index contributed by atoms with van der Waals surface area (Å²) in [6, 6.07) is 0.625. The van der Waals surface area contributed by atoms with Gasteiger partial charge in [0.05, 0.1) is 19.8 Å². The molecule has 1 atom stereocenters. The molecule has 0 radical (unpaired) electrons. The molecule has 0 bridgehead atoms. The minimum atomic E-state index is -0.163. The second-order valence-electron chi connectivity index (χ2n) is 6.99. The van der Waals surface area contributed by atoms with Crippen LogP contribution in [0.15, 0.2) is 0 Å². The number of nitrogens with zero attached hydrogens (tertiary/aromatic N) is 1. The third-order valence-electron chi connectivity index (χ3n) is 4.87. The Bertz CT molecular complexity index is 363.